The number of benzene rings is 1. The van der Waals surface area contributed by atoms with Gasteiger partial charge in [-0.2, -0.15) is 13.7 Å². The quantitative estimate of drug-likeness (QED) is 0.877. The lowest BCUT2D eigenvalue weighted by molar-refractivity contribution is 0.598. The number of imidazole rings is 1. The number of H-pyrrole nitrogens is 1. The van der Waals surface area contributed by atoms with Crippen molar-refractivity contribution in [1.82, 2.24) is 9.97 Å². The second-order valence-corrected chi connectivity index (χ2v) is 5.84. The molecule has 0 spiro atoms. The Hall–Kier alpha value is -2.33. The molecule has 0 aliphatic heterocycles. The van der Waals surface area contributed by atoms with Crippen LogP contribution in [0.15, 0.2) is 35.5 Å². The molecule has 104 valence electrons. The second-order valence-electron chi connectivity index (χ2n) is 4.19. The lowest BCUT2D eigenvalue weighted by Crippen LogP contribution is -2.13. The molecule has 20 heavy (non-hydrogen) atoms. The van der Waals surface area contributed by atoms with Crippen molar-refractivity contribution in [2.75, 3.05) is 4.72 Å². The molecule has 2 N–H and O–H groups in total. The molecule has 0 unspecified atom stereocenters. The Morgan fingerprint density at radius 3 is 2.60 bits per heavy atom. The summed E-state index contributed by atoms with van der Waals surface area (Å²) >= 11 is 0. The first kappa shape index (κ1) is 14.1. The summed E-state index contributed by atoms with van der Waals surface area (Å²) in [5.41, 5.74) is 1.28. The Labute approximate surface area is 117 Å². The number of anilines is 1. The van der Waals surface area contributed by atoms with E-state index in [9.17, 15) is 8.42 Å². The Morgan fingerprint density at radius 1 is 1.35 bits per heavy atom. The highest BCUT2D eigenvalue weighted by Crippen LogP contribution is 2.15. The highest BCUT2D eigenvalue weighted by molar-refractivity contribution is 7.92. The van der Waals surface area contributed by atoms with Crippen LogP contribution in [0.1, 0.15) is 18.3 Å². The van der Waals surface area contributed by atoms with E-state index in [0.29, 0.717) is 24.4 Å². The van der Waals surface area contributed by atoms with Crippen molar-refractivity contribution in [1.29, 1.82) is 5.26 Å². The van der Waals surface area contributed by atoms with Crippen molar-refractivity contribution in [3.8, 4) is 6.07 Å². The van der Waals surface area contributed by atoms with E-state index < -0.39 is 10.0 Å². The van der Waals surface area contributed by atoms with Crippen LogP contribution in [-0.2, 0) is 22.9 Å². The van der Waals surface area contributed by atoms with E-state index >= 15 is 0 Å². The number of aromatic nitrogens is 2. The zero-order chi connectivity index (χ0) is 14.6. The minimum atomic E-state index is -3.66. The van der Waals surface area contributed by atoms with Gasteiger partial charge >= 0.3 is 0 Å². The van der Waals surface area contributed by atoms with Gasteiger partial charge < -0.3 is 4.98 Å². The zero-order valence-electron chi connectivity index (χ0n) is 10.9. The summed E-state index contributed by atoms with van der Waals surface area (Å²) in [7, 11) is -3.66. The van der Waals surface area contributed by atoms with Crippen LogP contribution in [0.25, 0.3) is 0 Å². The Bertz CT molecular complexity index is 726. The first-order chi connectivity index (χ1) is 9.55. The molecule has 0 atom stereocenters. The number of nitriles is 1. The number of nitrogens with one attached hydrogen (secondary N) is 2. The van der Waals surface area contributed by atoms with Crippen LogP contribution in [0.4, 0.5) is 5.69 Å². The van der Waals surface area contributed by atoms with Crippen molar-refractivity contribution >= 4 is 15.7 Å². The maximum atomic E-state index is 12.1. The van der Waals surface area contributed by atoms with Crippen LogP contribution in [0.5, 0.6) is 0 Å². The number of rotatable bonds is 5. The molecule has 0 aliphatic carbocycles. The third kappa shape index (κ3) is 3.16. The number of nitrogens with zero attached hydrogens (tertiary/aromatic N) is 2. The van der Waals surface area contributed by atoms with Gasteiger partial charge in [0.05, 0.1) is 18.7 Å². The summed E-state index contributed by atoms with van der Waals surface area (Å²) < 4.78 is 26.7. The number of sulfonamides is 1. The van der Waals surface area contributed by atoms with Gasteiger partial charge in [0.1, 0.15) is 5.82 Å². The average molecular weight is 290 g/mol. The van der Waals surface area contributed by atoms with E-state index in [-0.39, 0.29) is 5.03 Å². The lowest BCUT2D eigenvalue weighted by Gasteiger charge is -2.06. The van der Waals surface area contributed by atoms with Gasteiger partial charge in [-0.1, -0.05) is 19.1 Å². The average Bonchev–Trinajstić information content (AvgIpc) is 2.91. The van der Waals surface area contributed by atoms with Gasteiger partial charge in [-0.15, -0.1) is 0 Å². The molecule has 0 bridgehead atoms. The number of hydrogen-bond donors (Lipinski definition) is 2. The number of aromatic amines is 1. The van der Waals surface area contributed by atoms with Crippen LogP contribution in [0.3, 0.4) is 0 Å². The molecule has 1 aromatic heterocycles. The Morgan fingerprint density at radius 2 is 2.05 bits per heavy atom. The molecule has 0 radical (unpaired) electrons. The van der Waals surface area contributed by atoms with Crippen molar-refractivity contribution in [3.63, 3.8) is 0 Å². The fourth-order valence-corrected chi connectivity index (χ4v) is 2.65. The van der Waals surface area contributed by atoms with Crippen LogP contribution < -0.4 is 4.72 Å². The molecule has 0 amide bonds. The standard InChI is InChI=1S/C13H14N4O2S/c1-2-12-15-9-13(16-12)20(18,19)17-11-5-3-10(4-6-11)7-8-14/h3-6,9,17H,2,7H2,1H3,(H,15,16). The molecule has 2 aromatic rings. The van der Waals surface area contributed by atoms with Crippen molar-refractivity contribution < 1.29 is 8.42 Å². The molecular weight excluding hydrogens is 276 g/mol. The fraction of sp³-hybridized carbons (Fsp3) is 0.231. The van der Waals surface area contributed by atoms with E-state index in [1.54, 1.807) is 24.3 Å². The second kappa shape index (κ2) is 5.75. The molecule has 1 heterocycles. The third-order valence-electron chi connectivity index (χ3n) is 2.72. The minimum Gasteiger partial charge on any atom is -0.332 e. The highest BCUT2D eigenvalue weighted by atomic mass is 32.2. The zero-order valence-corrected chi connectivity index (χ0v) is 11.7. The van der Waals surface area contributed by atoms with E-state index in [1.165, 1.54) is 6.20 Å². The van der Waals surface area contributed by atoms with Crippen LogP contribution in [0, 0.1) is 11.3 Å². The van der Waals surface area contributed by atoms with Gasteiger partial charge in [-0.05, 0) is 17.7 Å². The van der Waals surface area contributed by atoms with Crippen LogP contribution in [0.2, 0.25) is 0 Å². The molecule has 0 saturated carbocycles. The van der Waals surface area contributed by atoms with E-state index in [0.717, 1.165) is 5.56 Å². The topological polar surface area (TPSA) is 98.6 Å². The normalized spacial score (nSPS) is 11.0. The third-order valence-corrected chi connectivity index (χ3v) is 4.01. The largest absolute Gasteiger partial charge is 0.332 e. The lowest BCUT2D eigenvalue weighted by atomic mass is 10.1. The molecule has 6 nitrogen and oxygen atoms in total. The Balaban J connectivity index is 2.17. The maximum Gasteiger partial charge on any atom is 0.278 e. The van der Waals surface area contributed by atoms with Crippen molar-refractivity contribution in [2.24, 2.45) is 0 Å². The SMILES string of the molecule is CCc1ncc(S(=O)(=O)Nc2ccc(CC#N)cc2)[nH]1. The summed E-state index contributed by atoms with van der Waals surface area (Å²) in [6.45, 7) is 1.89. The fourth-order valence-electron chi connectivity index (χ4n) is 1.65. The van der Waals surface area contributed by atoms with Gasteiger partial charge in [-0.3, -0.25) is 4.72 Å². The molecule has 7 heteroatoms. The summed E-state index contributed by atoms with van der Waals surface area (Å²) in [4.78, 5) is 6.72. The molecule has 0 fully saturated rings. The van der Waals surface area contributed by atoms with E-state index in [1.807, 2.05) is 13.0 Å². The van der Waals surface area contributed by atoms with Crippen molar-refractivity contribution in [2.45, 2.75) is 24.8 Å². The Kier molecular flexibility index (Phi) is 4.05. The number of hydrogen-bond acceptors (Lipinski definition) is 4. The van der Waals surface area contributed by atoms with Gasteiger partial charge in [0.25, 0.3) is 10.0 Å². The van der Waals surface area contributed by atoms with Gasteiger partial charge in [0.2, 0.25) is 0 Å². The molecular formula is C13H14N4O2S. The monoisotopic (exact) mass is 290 g/mol. The van der Waals surface area contributed by atoms with Gasteiger partial charge in [0.15, 0.2) is 5.03 Å². The van der Waals surface area contributed by atoms with Crippen LogP contribution >= 0.6 is 0 Å². The predicted molar refractivity (Wildman–Crippen MR) is 74.5 cm³/mol. The summed E-state index contributed by atoms with van der Waals surface area (Å²) in [5, 5.41) is 8.61. The van der Waals surface area contributed by atoms with Gasteiger partial charge in [0, 0.05) is 12.1 Å². The molecule has 0 saturated heterocycles. The van der Waals surface area contributed by atoms with Gasteiger partial charge in [-0.25, -0.2) is 4.98 Å². The molecule has 1 aromatic carbocycles. The molecule has 0 aliphatic rings. The van der Waals surface area contributed by atoms with Crippen molar-refractivity contribution in [3.05, 3.63) is 41.9 Å². The maximum absolute atomic E-state index is 12.1. The first-order valence-electron chi connectivity index (χ1n) is 6.07. The van der Waals surface area contributed by atoms with E-state index in [4.69, 9.17) is 5.26 Å². The van der Waals surface area contributed by atoms with E-state index in [2.05, 4.69) is 14.7 Å². The molecule has 2 rings (SSSR count). The smallest absolute Gasteiger partial charge is 0.278 e. The summed E-state index contributed by atoms with van der Waals surface area (Å²) in [6.07, 6.45) is 2.23. The highest BCUT2D eigenvalue weighted by Gasteiger charge is 2.16. The predicted octanol–water partition coefficient (Wildman–Crippen LogP) is 1.84. The van der Waals surface area contributed by atoms with Crippen LogP contribution in [-0.4, -0.2) is 18.4 Å². The minimum absolute atomic E-state index is 0.0375. The summed E-state index contributed by atoms with van der Waals surface area (Å²) in [5.74, 6) is 0.620. The summed E-state index contributed by atoms with van der Waals surface area (Å²) in [6, 6.07) is 8.72. The first-order valence-corrected chi connectivity index (χ1v) is 7.56. The number of aryl methyl sites for hydroxylation is 1.